The van der Waals surface area contributed by atoms with Gasteiger partial charge in [-0.15, -0.1) is 0 Å². The largest absolute Gasteiger partial charge is 0.368 e. The fourth-order valence-electron chi connectivity index (χ4n) is 2.55. The molecule has 1 aromatic carbocycles. The van der Waals surface area contributed by atoms with Crippen LogP contribution in [0.4, 0.5) is 15.9 Å². The van der Waals surface area contributed by atoms with E-state index in [1.54, 1.807) is 6.07 Å². The van der Waals surface area contributed by atoms with E-state index in [1.165, 1.54) is 5.69 Å². The molecular formula is C16H18FN3. The van der Waals surface area contributed by atoms with E-state index in [1.807, 2.05) is 18.2 Å². The predicted molar refractivity (Wildman–Crippen MR) is 79.9 cm³/mol. The maximum absolute atomic E-state index is 12.7. The molecule has 104 valence electrons. The van der Waals surface area contributed by atoms with Crippen LogP contribution in [0.2, 0.25) is 0 Å². The first-order chi connectivity index (χ1) is 9.86. The number of hydrogen-bond donors (Lipinski definition) is 0. The zero-order valence-corrected chi connectivity index (χ0v) is 11.4. The molecule has 1 fully saturated rings. The van der Waals surface area contributed by atoms with Gasteiger partial charge < -0.3 is 9.80 Å². The first-order valence-electron chi connectivity index (χ1n) is 6.93. The van der Waals surface area contributed by atoms with Gasteiger partial charge in [-0.25, -0.2) is 9.37 Å². The monoisotopic (exact) mass is 271 g/mol. The summed E-state index contributed by atoms with van der Waals surface area (Å²) in [5, 5.41) is 0. The van der Waals surface area contributed by atoms with E-state index in [-0.39, 0.29) is 0 Å². The van der Waals surface area contributed by atoms with Gasteiger partial charge in [0.05, 0.1) is 5.69 Å². The van der Waals surface area contributed by atoms with Crippen LogP contribution in [0.3, 0.4) is 0 Å². The van der Waals surface area contributed by atoms with Gasteiger partial charge in [-0.05, 0) is 24.3 Å². The summed E-state index contributed by atoms with van der Waals surface area (Å²) in [4.78, 5) is 8.94. The maximum atomic E-state index is 12.7. The molecule has 1 aliphatic heterocycles. The molecule has 0 N–H and O–H groups in total. The molecule has 0 spiro atoms. The van der Waals surface area contributed by atoms with Crippen LogP contribution in [0.25, 0.3) is 0 Å². The van der Waals surface area contributed by atoms with Crippen molar-refractivity contribution in [3.05, 3.63) is 54.2 Å². The van der Waals surface area contributed by atoms with Crippen molar-refractivity contribution in [2.45, 2.75) is 6.67 Å². The molecule has 0 saturated carbocycles. The summed E-state index contributed by atoms with van der Waals surface area (Å²) >= 11 is 0. The fraction of sp³-hybridized carbons (Fsp3) is 0.312. The smallest absolute Gasteiger partial charge is 0.132 e. The molecule has 0 amide bonds. The number of benzene rings is 1. The van der Waals surface area contributed by atoms with Gasteiger partial charge in [0.25, 0.3) is 0 Å². The van der Waals surface area contributed by atoms with Gasteiger partial charge >= 0.3 is 0 Å². The van der Waals surface area contributed by atoms with E-state index in [2.05, 4.69) is 39.0 Å². The lowest BCUT2D eigenvalue weighted by molar-refractivity contribution is 0.475. The normalized spacial score (nSPS) is 15.4. The molecule has 0 bridgehead atoms. The summed E-state index contributed by atoms with van der Waals surface area (Å²) in [5.41, 5.74) is 1.77. The van der Waals surface area contributed by atoms with Crippen molar-refractivity contribution in [2.24, 2.45) is 0 Å². The van der Waals surface area contributed by atoms with Gasteiger partial charge in [0.15, 0.2) is 0 Å². The number of halogens is 1. The number of piperazine rings is 1. The summed E-state index contributed by atoms with van der Waals surface area (Å²) in [7, 11) is 0. The standard InChI is InChI=1S/C16H18FN3/c17-13-14-5-4-8-16(18-14)20-11-9-19(10-12-20)15-6-2-1-3-7-15/h1-8H,9-13H2. The van der Waals surface area contributed by atoms with E-state index in [0.717, 1.165) is 32.0 Å². The highest BCUT2D eigenvalue weighted by Gasteiger charge is 2.18. The Morgan fingerprint density at radius 2 is 1.55 bits per heavy atom. The number of rotatable bonds is 3. The Morgan fingerprint density at radius 3 is 2.25 bits per heavy atom. The zero-order chi connectivity index (χ0) is 13.8. The minimum absolute atomic E-state index is 0.502. The third-order valence-electron chi connectivity index (χ3n) is 3.65. The summed E-state index contributed by atoms with van der Waals surface area (Å²) in [6, 6.07) is 16.0. The lowest BCUT2D eigenvalue weighted by Crippen LogP contribution is -2.46. The topological polar surface area (TPSA) is 19.4 Å². The second-order valence-electron chi connectivity index (χ2n) is 4.93. The van der Waals surface area contributed by atoms with Crippen molar-refractivity contribution >= 4 is 11.5 Å². The molecule has 0 radical (unpaired) electrons. The van der Waals surface area contributed by atoms with E-state index in [9.17, 15) is 4.39 Å². The van der Waals surface area contributed by atoms with Crippen molar-refractivity contribution in [1.82, 2.24) is 4.98 Å². The zero-order valence-electron chi connectivity index (χ0n) is 11.4. The van der Waals surface area contributed by atoms with Crippen LogP contribution >= 0.6 is 0 Å². The van der Waals surface area contributed by atoms with Crippen molar-refractivity contribution < 1.29 is 4.39 Å². The van der Waals surface area contributed by atoms with Crippen LogP contribution in [0.15, 0.2) is 48.5 Å². The first kappa shape index (κ1) is 12.9. The number of alkyl halides is 1. The number of nitrogens with zero attached hydrogens (tertiary/aromatic N) is 3. The third-order valence-corrected chi connectivity index (χ3v) is 3.65. The van der Waals surface area contributed by atoms with Crippen molar-refractivity contribution in [3.63, 3.8) is 0 Å². The highest BCUT2D eigenvalue weighted by Crippen LogP contribution is 2.19. The molecule has 2 heterocycles. The van der Waals surface area contributed by atoms with E-state index >= 15 is 0 Å². The van der Waals surface area contributed by atoms with Gasteiger partial charge in [0.2, 0.25) is 0 Å². The SMILES string of the molecule is FCc1cccc(N2CCN(c3ccccc3)CC2)n1. The molecule has 2 aromatic rings. The second kappa shape index (κ2) is 5.90. The van der Waals surface area contributed by atoms with Gasteiger partial charge in [-0.1, -0.05) is 24.3 Å². The molecule has 4 heteroatoms. The molecular weight excluding hydrogens is 253 g/mol. The molecule has 0 atom stereocenters. The average Bonchev–Trinajstić information content (AvgIpc) is 2.56. The molecule has 3 nitrogen and oxygen atoms in total. The summed E-state index contributed by atoms with van der Waals surface area (Å²) < 4.78 is 12.7. The molecule has 1 saturated heterocycles. The first-order valence-corrected chi connectivity index (χ1v) is 6.93. The van der Waals surface area contributed by atoms with Crippen LogP contribution in [-0.4, -0.2) is 31.2 Å². The molecule has 20 heavy (non-hydrogen) atoms. The lowest BCUT2D eigenvalue weighted by atomic mass is 10.2. The molecule has 0 unspecified atom stereocenters. The number of hydrogen-bond acceptors (Lipinski definition) is 3. The predicted octanol–water partition coefficient (Wildman–Crippen LogP) is 2.88. The summed E-state index contributed by atoms with van der Waals surface area (Å²) in [6.07, 6.45) is 0. The minimum Gasteiger partial charge on any atom is -0.368 e. The molecule has 1 aromatic heterocycles. The van der Waals surface area contributed by atoms with Gasteiger partial charge in [-0.3, -0.25) is 0 Å². The van der Waals surface area contributed by atoms with E-state index < -0.39 is 6.67 Å². The van der Waals surface area contributed by atoms with Crippen LogP contribution in [0.1, 0.15) is 5.69 Å². The van der Waals surface area contributed by atoms with E-state index in [0.29, 0.717) is 5.69 Å². The minimum atomic E-state index is -0.502. The summed E-state index contributed by atoms with van der Waals surface area (Å²) in [6.45, 7) is 3.25. The average molecular weight is 271 g/mol. The van der Waals surface area contributed by atoms with Gasteiger partial charge in [0, 0.05) is 31.9 Å². The van der Waals surface area contributed by atoms with Gasteiger partial charge in [0.1, 0.15) is 12.5 Å². The Hall–Kier alpha value is -2.10. The van der Waals surface area contributed by atoms with Crippen LogP contribution in [0.5, 0.6) is 0 Å². The number of aromatic nitrogens is 1. The Labute approximate surface area is 118 Å². The van der Waals surface area contributed by atoms with Gasteiger partial charge in [-0.2, -0.15) is 0 Å². The number of anilines is 2. The van der Waals surface area contributed by atoms with Crippen molar-refractivity contribution in [3.8, 4) is 0 Å². The fourth-order valence-corrected chi connectivity index (χ4v) is 2.55. The van der Waals surface area contributed by atoms with Crippen LogP contribution < -0.4 is 9.80 Å². The Kier molecular flexibility index (Phi) is 3.81. The molecule has 0 aliphatic carbocycles. The lowest BCUT2D eigenvalue weighted by Gasteiger charge is -2.36. The highest BCUT2D eigenvalue weighted by molar-refractivity contribution is 5.49. The highest BCUT2D eigenvalue weighted by atomic mass is 19.1. The quantitative estimate of drug-likeness (QED) is 0.855. The van der Waals surface area contributed by atoms with E-state index in [4.69, 9.17) is 0 Å². The Morgan fingerprint density at radius 1 is 0.850 bits per heavy atom. The molecule has 3 rings (SSSR count). The molecule has 1 aliphatic rings. The van der Waals surface area contributed by atoms with Crippen LogP contribution in [0, 0.1) is 0 Å². The maximum Gasteiger partial charge on any atom is 0.132 e. The Balaban J connectivity index is 1.66. The van der Waals surface area contributed by atoms with Crippen molar-refractivity contribution in [1.29, 1.82) is 0 Å². The third kappa shape index (κ3) is 2.74. The second-order valence-corrected chi connectivity index (χ2v) is 4.93. The number of pyridine rings is 1. The van der Waals surface area contributed by atoms with Crippen molar-refractivity contribution in [2.75, 3.05) is 36.0 Å². The summed E-state index contributed by atoms with van der Waals surface area (Å²) in [5.74, 6) is 0.882. The van der Waals surface area contributed by atoms with Crippen LogP contribution in [-0.2, 0) is 6.67 Å². The number of para-hydroxylation sites is 1. The Bertz CT molecular complexity index is 551.